The third kappa shape index (κ3) is 7.76. The number of ether oxygens (including phenoxy) is 3. The van der Waals surface area contributed by atoms with Crippen LogP contribution >= 0.6 is 24.4 Å². The molecule has 8 heteroatoms. The van der Waals surface area contributed by atoms with Gasteiger partial charge in [0.25, 0.3) is 0 Å². The molecule has 1 aromatic carbocycles. The molecule has 0 saturated carbocycles. The summed E-state index contributed by atoms with van der Waals surface area (Å²) in [7, 11) is 0. The second kappa shape index (κ2) is 13.0. The average Bonchev–Trinajstić information content (AvgIpc) is 2.74. The third-order valence-electron chi connectivity index (χ3n) is 3.80. The molecule has 2 aromatic rings. The molecular formula is C22H26NO5S2+. The smallest absolute Gasteiger partial charge is 0.405 e. The number of benzene rings is 1. The third-order valence-corrected chi connectivity index (χ3v) is 5.28. The molecule has 1 aromatic heterocycles. The molecule has 0 radical (unpaired) electrons. The molecule has 0 fully saturated rings. The van der Waals surface area contributed by atoms with Crippen molar-refractivity contribution < 1.29 is 28.4 Å². The van der Waals surface area contributed by atoms with Gasteiger partial charge in [0, 0.05) is 11.8 Å². The van der Waals surface area contributed by atoms with E-state index in [0.717, 1.165) is 5.56 Å². The normalized spacial score (nSPS) is 11.4. The minimum atomic E-state index is -0.503. The summed E-state index contributed by atoms with van der Waals surface area (Å²) in [6.45, 7) is 4.49. The van der Waals surface area contributed by atoms with Crippen molar-refractivity contribution in [1.29, 1.82) is 0 Å². The molecule has 0 aliphatic carbocycles. The molecule has 30 heavy (non-hydrogen) atoms. The van der Waals surface area contributed by atoms with Gasteiger partial charge in [-0.3, -0.25) is 4.79 Å². The molecule has 0 atom stereocenters. The Balaban J connectivity index is 2.17. The first-order valence-electron chi connectivity index (χ1n) is 9.62. The Bertz CT molecular complexity index is 871. The van der Waals surface area contributed by atoms with E-state index in [-0.39, 0.29) is 24.7 Å². The van der Waals surface area contributed by atoms with Crippen molar-refractivity contribution in [3.05, 3.63) is 64.7 Å². The molecule has 0 amide bonds. The first-order valence-corrected chi connectivity index (χ1v) is 11.1. The highest BCUT2D eigenvalue weighted by molar-refractivity contribution is 8.15. The number of thiol groups is 1. The van der Waals surface area contributed by atoms with E-state index in [0.29, 0.717) is 29.0 Å². The number of esters is 2. The lowest BCUT2D eigenvalue weighted by molar-refractivity contribution is -0.579. The summed E-state index contributed by atoms with van der Waals surface area (Å²) in [6, 6.07) is 13.4. The molecule has 6 nitrogen and oxygen atoms in total. The fourth-order valence-electron chi connectivity index (χ4n) is 2.45. The summed E-state index contributed by atoms with van der Waals surface area (Å²) in [5.41, 5.74) is 1.30. The van der Waals surface area contributed by atoms with Gasteiger partial charge < -0.3 is 14.2 Å². The Morgan fingerprint density at radius 3 is 2.47 bits per heavy atom. The number of pyridine rings is 1. The fraction of sp³-hybridized carbons (Fsp3) is 0.318. The molecule has 0 aliphatic heterocycles. The van der Waals surface area contributed by atoms with Crippen LogP contribution in [0.25, 0.3) is 5.70 Å². The topological polar surface area (TPSA) is 65.7 Å². The van der Waals surface area contributed by atoms with E-state index in [2.05, 4.69) is 12.6 Å². The van der Waals surface area contributed by atoms with Crippen molar-refractivity contribution in [2.75, 3.05) is 19.0 Å². The van der Waals surface area contributed by atoms with Crippen molar-refractivity contribution >= 4 is 42.0 Å². The van der Waals surface area contributed by atoms with Crippen LogP contribution in [0, 0.1) is 0 Å². The minimum absolute atomic E-state index is 0.226. The van der Waals surface area contributed by atoms with Crippen LogP contribution in [0.5, 0.6) is 5.75 Å². The highest BCUT2D eigenvalue weighted by atomic mass is 32.2. The predicted octanol–water partition coefficient (Wildman–Crippen LogP) is 3.86. The van der Waals surface area contributed by atoms with Crippen LogP contribution in [0.2, 0.25) is 0 Å². The molecule has 0 saturated heterocycles. The largest absolute Gasteiger partial charge is 0.483 e. The Labute approximate surface area is 186 Å². The predicted molar refractivity (Wildman–Crippen MR) is 120 cm³/mol. The van der Waals surface area contributed by atoms with Crippen LogP contribution < -0.4 is 9.30 Å². The summed E-state index contributed by atoms with van der Waals surface area (Å²) in [5.74, 6) is 0.246. The second-order valence-electron chi connectivity index (χ2n) is 6.00. The van der Waals surface area contributed by atoms with E-state index in [1.807, 2.05) is 36.4 Å². The maximum Gasteiger partial charge on any atom is 0.405 e. The second-order valence-corrected chi connectivity index (χ2v) is 7.85. The Hall–Kier alpha value is -2.45. The number of thioether (sulfide) groups is 1. The quantitative estimate of drug-likeness (QED) is 0.244. The van der Waals surface area contributed by atoms with E-state index in [1.165, 1.54) is 11.8 Å². The number of carbonyl (C=O) groups is 2. The lowest BCUT2D eigenvalue weighted by Gasteiger charge is -2.08. The van der Waals surface area contributed by atoms with Gasteiger partial charge in [-0.2, -0.15) is 4.57 Å². The zero-order chi connectivity index (χ0) is 21.8. The van der Waals surface area contributed by atoms with E-state index in [9.17, 15) is 9.59 Å². The van der Waals surface area contributed by atoms with Gasteiger partial charge in [0.2, 0.25) is 6.20 Å². The summed E-state index contributed by atoms with van der Waals surface area (Å²) >= 11 is 5.78. The Morgan fingerprint density at radius 1 is 1.03 bits per heavy atom. The summed E-state index contributed by atoms with van der Waals surface area (Å²) in [4.78, 5) is 24.1. The SMILES string of the molecule is CCOC(=O)CCSC(S)=C(C(=O)OCC)[n+]1cccc(OCc2ccccc2)c1. The Kier molecular flexibility index (Phi) is 10.3. The number of rotatable bonds is 11. The highest BCUT2D eigenvalue weighted by Crippen LogP contribution is 2.26. The van der Waals surface area contributed by atoms with Gasteiger partial charge in [0.1, 0.15) is 10.8 Å². The maximum atomic E-state index is 12.6. The van der Waals surface area contributed by atoms with Crippen molar-refractivity contribution in [3.8, 4) is 5.75 Å². The molecule has 0 unspecified atom stereocenters. The lowest BCUT2D eigenvalue weighted by Crippen LogP contribution is -2.37. The van der Waals surface area contributed by atoms with Gasteiger partial charge >= 0.3 is 17.6 Å². The van der Waals surface area contributed by atoms with Crippen LogP contribution in [0.1, 0.15) is 25.8 Å². The van der Waals surface area contributed by atoms with Gasteiger partial charge in [-0.25, -0.2) is 4.79 Å². The molecular weight excluding hydrogens is 422 g/mol. The summed E-state index contributed by atoms with van der Waals surface area (Å²) in [6.07, 6.45) is 3.66. The van der Waals surface area contributed by atoms with Gasteiger partial charge in [0.15, 0.2) is 11.9 Å². The van der Waals surface area contributed by atoms with Gasteiger partial charge in [-0.1, -0.05) is 30.3 Å². The first kappa shape index (κ1) is 23.8. The molecule has 1 heterocycles. The van der Waals surface area contributed by atoms with Crippen molar-refractivity contribution in [1.82, 2.24) is 0 Å². The number of nitrogens with zero attached hydrogens (tertiary/aromatic N) is 1. The highest BCUT2D eigenvalue weighted by Gasteiger charge is 2.27. The number of carbonyl (C=O) groups excluding carboxylic acids is 2. The monoisotopic (exact) mass is 448 g/mol. The minimum Gasteiger partial charge on any atom is -0.483 e. The first-order chi connectivity index (χ1) is 14.5. The van der Waals surface area contributed by atoms with Crippen molar-refractivity contribution in [3.63, 3.8) is 0 Å². The summed E-state index contributed by atoms with van der Waals surface area (Å²) in [5, 5.41) is 0. The van der Waals surface area contributed by atoms with E-state index in [1.54, 1.807) is 36.9 Å². The number of aromatic nitrogens is 1. The number of hydrogen-bond acceptors (Lipinski definition) is 7. The van der Waals surface area contributed by atoms with Gasteiger partial charge in [-0.15, -0.1) is 24.4 Å². The average molecular weight is 449 g/mol. The molecule has 0 aliphatic rings. The van der Waals surface area contributed by atoms with Crippen LogP contribution in [0.15, 0.2) is 59.1 Å². The zero-order valence-corrected chi connectivity index (χ0v) is 18.8. The van der Waals surface area contributed by atoms with Gasteiger partial charge in [0.05, 0.1) is 19.6 Å². The van der Waals surface area contributed by atoms with E-state index in [4.69, 9.17) is 14.2 Å². The molecule has 2 rings (SSSR count). The number of hydrogen-bond donors (Lipinski definition) is 1. The van der Waals surface area contributed by atoms with Crippen LogP contribution in [-0.2, 0) is 25.7 Å². The van der Waals surface area contributed by atoms with Crippen LogP contribution in [0.4, 0.5) is 0 Å². The molecule has 0 spiro atoms. The van der Waals surface area contributed by atoms with E-state index >= 15 is 0 Å². The maximum absolute atomic E-state index is 12.6. The zero-order valence-electron chi connectivity index (χ0n) is 17.1. The van der Waals surface area contributed by atoms with E-state index < -0.39 is 5.97 Å². The Morgan fingerprint density at radius 2 is 1.77 bits per heavy atom. The molecule has 0 bridgehead atoms. The van der Waals surface area contributed by atoms with Crippen molar-refractivity contribution in [2.24, 2.45) is 0 Å². The van der Waals surface area contributed by atoms with Gasteiger partial charge in [-0.05, 0) is 25.5 Å². The summed E-state index contributed by atoms with van der Waals surface area (Å²) < 4.78 is 18.1. The fourth-order valence-corrected chi connectivity index (χ4v) is 3.72. The van der Waals surface area contributed by atoms with Crippen LogP contribution in [-0.4, -0.2) is 30.9 Å². The van der Waals surface area contributed by atoms with Crippen molar-refractivity contribution in [2.45, 2.75) is 26.9 Å². The standard InChI is InChI=1S/C22H25NO5S2/c1-3-26-19(24)12-14-30-22(29)20(21(25)27-4-2)23-13-8-11-18(15-23)28-16-17-9-6-5-7-10-17/h5-11,13,15H,3-4,12,14,16H2,1-2H3/p+1. The molecule has 0 N–H and O–H groups in total. The molecule has 160 valence electrons. The van der Waals surface area contributed by atoms with Crippen LogP contribution in [0.3, 0.4) is 0 Å². The lowest BCUT2D eigenvalue weighted by atomic mass is 10.2.